The molecule has 25 heavy (non-hydrogen) atoms. The van der Waals surface area contributed by atoms with E-state index in [-0.39, 0.29) is 11.3 Å². The number of nitrogens with zero attached hydrogens (tertiary/aromatic N) is 3. The monoisotopic (exact) mass is 358 g/mol. The van der Waals surface area contributed by atoms with Gasteiger partial charge in [-0.1, -0.05) is 32.5 Å². The van der Waals surface area contributed by atoms with Gasteiger partial charge in [0.05, 0.1) is 10.7 Å². The summed E-state index contributed by atoms with van der Waals surface area (Å²) in [5.41, 5.74) is 2.09. The molecule has 1 amide bonds. The minimum atomic E-state index is -0.0838. The van der Waals surface area contributed by atoms with Crippen molar-refractivity contribution in [1.29, 1.82) is 5.26 Å². The highest BCUT2D eigenvalue weighted by Gasteiger charge is 2.25. The van der Waals surface area contributed by atoms with Crippen LogP contribution in [0.2, 0.25) is 0 Å². The molecule has 0 radical (unpaired) electrons. The molecule has 8 heteroatoms. The lowest BCUT2D eigenvalue weighted by Gasteiger charge is -2.20. The van der Waals surface area contributed by atoms with E-state index in [9.17, 15) is 10.1 Å². The number of hydrogen-bond donors (Lipinski definition) is 3. The maximum absolute atomic E-state index is 10.9. The maximum atomic E-state index is 10.9. The van der Waals surface area contributed by atoms with Crippen LogP contribution in [0.25, 0.3) is 5.57 Å². The summed E-state index contributed by atoms with van der Waals surface area (Å²) in [6, 6.07) is 3.94. The Hall–Kier alpha value is -2.53. The summed E-state index contributed by atoms with van der Waals surface area (Å²) >= 11 is 1.49. The molecule has 0 unspecified atom stereocenters. The number of anilines is 1. The van der Waals surface area contributed by atoms with Crippen LogP contribution in [0, 0.1) is 16.7 Å². The van der Waals surface area contributed by atoms with Crippen molar-refractivity contribution < 1.29 is 4.79 Å². The summed E-state index contributed by atoms with van der Waals surface area (Å²) in [5.74, 6) is 0.336. The lowest BCUT2D eigenvalue weighted by Crippen LogP contribution is -2.26. The number of thioether (sulfide) groups is 1. The fourth-order valence-corrected chi connectivity index (χ4v) is 3.09. The van der Waals surface area contributed by atoms with E-state index in [2.05, 4.69) is 52.8 Å². The van der Waals surface area contributed by atoms with Gasteiger partial charge in [0, 0.05) is 37.3 Å². The van der Waals surface area contributed by atoms with Gasteiger partial charge >= 0.3 is 0 Å². The molecule has 0 saturated heterocycles. The van der Waals surface area contributed by atoms with E-state index >= 15 is 0 Å². The van der Waals surface area contributed by atoms with Crippen LogP contribution in [-0.4, -0.2) is 29.0 Å². The minimum absolute atomic E-state index is 0.0165. The number of allylic oxidation sites excluding steroid dienone is 2. The minimum Gasteiger partial charge on any atom is -0.355 e. The van der Waals surface area contributed by atoms with E-state index < -0.39 is 0 Å². The van der Waals surface area contributed by atoms with E-state index in [1.54, 1.807) is 12.3 Å². The molecule has 0 aliphatic carbocycles. The third-order valence-electron chi connectivity index (χ3n) is 3.38. The zero-order valence-corrected chi connectivity index (χ0v) is 15.6. The zero-order valence-electron chi connectivity index (χ0n) is 14.8. The molecule has 1 aromatic heterocycles. The van der Waals surface area contributed by atoms with E-state index in [4.69, 9.17) is 0 Å². The first-order valence-electron chi connectivity index (χ1n) is 7.91. The Labute approximate surface area is 152 Å². The average Bonchev–Trinajstić information content (AvgIpc) is 3.03. The summed E-state index contributed by atoms with van der Waals surface area (Å²) < 4.78 is 0. The quantitative estimate of drug-likeness (QED) is 0.549. The zero-order chi connectivity index (χ0) is 18.4. The molecule has 3 N–H and O–H groups in total. The SMILES string of the molecule is CC(=O)NCCNc1nccc(C(C#N)=C2NC(C(C)(C)C)=CS2)n1. The fourth-order valence-electron chi connectivity index (χ4n) is 2.01. The topological polar surface area (TPSA) is 103 Å². The number of carbonyl (C=O) groups is 1. The van der Waals surface area contributed by atoms with E-state index in [0.717, 1.165) is 10.7 Å². The van der Waals surface area contributed by atoms with Crippen molar-refractivity contribution in [2.75, 3.05) is 18.4 Å². The molecule has 2 rings (SSSR count). The molecule has 1 aliphatic heterocycles. The summed E-state index contributed by atoms with van der Waals surface area (Å²) in [6.07, 6.45) is 1.61. The predicted molar refractivity (Wildman–Crippen MR) is 100 cm³/mol. The van der Waals surface area contributed by atoms with Crippen molar-refractivity contribution in [2.24, 2.45) is 5.41 Å². The fraction of sp³-hybridized carbons (Fsp3) is 0.412. The van der Waals surface area contributed by atoms with Gasteiger partial charge in [-0.05, 0) is 11.5 Å². The Balaban J connectivity index is 2.12. The van der Waals surface area contributed by atoms with Crippen LogP contribution in [0.5, 0.6) is 0 Å². The Kier molecular flexibility index (Phi) is 6.04. The highest BCUT2D eigenvalue weighted by molar-refractivity contribution is 8.06. The average molecular weight is 358 g/mol. The van der Waals surface area contributed by atoms with Crippen molar-refractivity contribution >= 4 is 29.2 Å². The number of carbonyl (C=O) groups excluding carboxylic acids is 1. The van der Waals surface area contributed by atoms with Crippen LogP contribution in [0.1, 0.15) is 33.4 Å². The van der Waals surface area contributed by atoms with Crippen LogP contribution in [0.3, 0.4) is 0 Å². The molecular weight excluding hydrogens is 336 g/mol. The summed E-state index contributed by atoms with van der Waals surface area (Å²) in [5, 5.41) is 21.4. The number of nitriles is 1. The van der Waals surface area contributed by atoms with Gasteiger partial charge in [0.2, 0.25) is 11.9 Å². The van der Waals surface area contributed by atoms with E-state index in [1.807, 2.05) is 5.41 Å². The van der Waals surface area contributed by atoms with Gasteiger partial charge in [-0.3, -0.25) is 4.79 Å². The van der Waals surface area contributed by atoms with Crippen molar-refractivity contribution in [2.45, 2.75) is 27.7 Å². The van der Waals surface area contributed by atoms with Crippen molar-refractivity contribution in [3.63, 3.8) is 0 Å². The van der Waals surface area contributed by atoms with Gasteiger partial charge < -0.3 is 16.0 Å². The maximum Gasteiger partial charge on any atom is 0.223 e. The molecule has 1 aromatic rings. The highest BCUT2D eigenvalue weighted by Crippen LogP contribution is 2.37. The molecule has 0 bridgehead atoms. The molecule has 0 aromatic carbocycles. The van der Waals surface area contributed by atoms with E-state index in [0.29, 0.717) is 30.3 Å². The molecule has 2 heterocycles. The number of hydrogen-bond acceptors (Lipinski definition) is 7. The third-order valence-corrected chi connectivity index (χ3v) is 4.28. The molecular formula is C17H22N6OS. The lowest BCUT2D eigenvalue weighted by atomic mass is 9.93. The van der Waals surface area contributed by atoms with Gasteiger partial charge in [0.15, 0.2) is 0 Å². The van der Waals surface area contributed by atoms with Gasteiger partial charge in [0.25, 0.3) is 0 Å². The van der Waals surface area contributed by atoms with Crippen molar-refractivity contribution in [3.05, 3.63) is 34.1 Å². The molecule has 7 nitrogen and oxygen atoms in total. The standard InChI is InChI=1S/C17H22N6OS/c1-11(24)19-7-8-21-16-20-6-5-13(22-16)12(9-18)15-23-14(10-25-15)17(2,3)4/h5-6,10,23H,7-8H2,1-4H3,(H,19,24)(H,20,21,22). The van der Waals surface area contributed by atoms with Gasteiger partial charge in [0.1, 0.15) is 11.6 Å². The van der Waals surface area contributed by atoms with Crippen molar-refractivity contribution in [3.8, 4) is 6.07 Å². The molecule has 132 valence electrons. The number of rotatable bonds is 5. The Morgan fingerprint density at radius 1 is 1.40 bits per heavy atom. The van der Waals surface area contributed by atoms with Gasteiger partial charge in [-0.25, -0.2) is 9.97 Å². The lowest BCUT2D eigenvalue weighted by molar-refractivity contribution is -0.118. The second-order valence-corrected chi connectivity index (χ2v) is 7.40. The Morgan fingerprint density at radius 3 is 2.76 bits per heavy atom. The van der Waals surface area contributed by atoms with Crippen LogP contribution in [-0.2, 0) is 4.79 Å². The van der Waals surface area contributed by atoms with E-state index in [1.165, 1.54) is 18.7 Å². The number of amides is 1. The highest BCUT2D eigenvalue weighted by atomic mass is 32.2. The van der Waals surface area contributed by atoms with Crippen LogP contribution >= 0.6 is 11.8 Å². The first-order chi connectivity index (χ1) is 11.8. The van der Waals surface area contributed by atoms with Crippen LogP contribution < -0.4 is 16.0 Å². The molecule has 0 atom stereocenters. The Morgan fingerprint density at radius 2 is 2.16 bits per heavy atom. The summed E-state index contributed by atoms with van der Waals surface area (Å²) in [4.78, 5) is 19.4. The van der Waals surface area contributed by atoms with Crippen LogP contribution in [0.4, 0.5) is 5.95 Å². The van der Waals surface area contributed by atoms with Gasteiger partial charge in [-0.15, -0.1) is 0 Å². The molecule has 0 spiro atoms. The molecule has 0 fully saturated rings. The largest absolute Gasteiger partial charge is 0.355 e. The second kappa shape index (κ2) is 8.03. The van der Waals surface area contributed by atoms with Crippen molar-refractivity contribution in [1.82, 2.24) is 20.6 Å². The molecule has 1 aliphatic rings. The van der Waals surface area contributed by atoms with Gasteiger partial charge in [-0.2, -0.15) is 5.26 Å². The summed E-state index contributed by atoms with van der Waals surface area (Å²) in [7, 11) is 0. The normalized spacial score (nSPS) is 15.7. The first-order valence-corrected chi connectivity index (χ1v) is 8.79. The summed E-state index contributed by atoms with van der Waals surface area (Å²) in [6.45, 7) is 8.79. The first kappa shape index (κ1) is 18.8. The Bertz CT molecular complexity index is 757. The smallest absolute Gasteiger partial charge is 0.223 e. The third kappa shape index (κ3) is 5.22. The second-order valence-electron chi connectivity index (χ2n) is 6.52. The molecule has 0 saturated carbocycles. The number of aromatic nitrogens is 2. The van der Waals surface area contributed by atoms with Crippen LogP contribution in [0.15, 0.2) is 28.4 Å². The predicted octanol–water partition coefficient (Wildman–Crippen LogP) is 2.44. The number of nitrogens with one attached hydrogen (secondary N) is 3.